The Bertz CT molecular complexity index is 1620. The van der Waals surface area contributed by atoms with E-state index in [1.165, 1.54) is 42.6 Å². The van der Waals surface area contributed by atoms with Crippen LogP contribution in [0.25, 0.3) is 0 Å². The van der Waals surface area contributed by atoms with Gasteiger partial charge in [0.25, 0.3) is 17.7 Å². The summed E-state index contributed by atoms with van der Waals surface area (Å²) in [6, 6.07) is 8.04. The average molecular weight is 616 g/mol. The normalized spacial score (nSPS) is 20.2. The Balaban J connectivity index is 1.65. The number of amides is 3. The topological polar surface area (TPSA) is 127 Å². The molecule has 0 bridgehead atoms. The molecule has 2 N–H and O–H groups in total. The number of carbonyl (C=O) groups excluding carboxylic acids is 3. The van der Waals surface area contributed by atoms with Gasteiger partial charge in [0.2, 0.25) is 5.91 Å². The molecule has 0 spiro atoms. The van der Waals surface area contributed by atoms with Gasteiger partial charge in [-0.2, -0.15) is 5.26 Å². The Hall–Kier alpha value is -4.54. The van der Waals surface area contributed by atoms with E-state index in [-0.39, 0.29) is 22.0 Å². The third kappa shape index (κ3) is 6.02. The zero-order valence-electron chi connectivity index (χ0n) is 22.1. The number of nitrogens with one attached hydrogen (secondary N) is 1. The first-order chi connectivity index (χ1) is 20.4. The van der Waals surface area contributed by atoms with Crippen LogP contribution < -0.4 is 15.1 Å². The first-order valence-electron chi connectivity index (χ1n) is 13.0. The van der Waals surface area contributed by atoms with Crippen LogP contribution in [-0.2, 0) is 14.4 Å². The molecule has 5 rings (SSSR count). The summed E-state index contributed by atoms with van der Waals surface area (Å²) >= 11 is 6.42. The number of rotatable bonds is 7. The number of halogens is 5. The quantitative estimate of drug-likeness (QED) is 0.387. The SMILES string of the molecule is N#Cc1ccnc(N2C(=O)[C@H](O)C[C@H]2C(=O)N(c2cc(F)cc(F)c2)[C@@H](C(=O)NC2CC(F)(F)C2)c2ccccc2Cl)c1. The lowest BCUT2D eigenvalue weighted by Crippen LogP contribution is -2.56. The lowest BCUT2D eigenvalue weighted by atomic mass is 9.87. The van der Waals surface area contributed by atoms with Crippen LogP contribution in [0.4, 0.5) is 29.1 Å². The van der Waals surface area contributed by atoms with Gasteiger partial charge in [0.1, 0.15) is 35.6 Å². The Morgan fingerprint density at radius 1 is 1.14 bits per heavy atom. The maximum absolute atomic E-state index is 14.6. The van der Waals surface area contributed by atoms with Gasteiger partial charge < -0.3 is 10.4 Å². The highest BCUT2D eigenvalue weighted by atomic mass is 35.5. The van der Waals surface area contributed by atoms with E-state index in [1.807, 2.05) is 6.07 Å². The average Bonchev–Trinajstić information content (AvgIpc) is 3.24. The predicted octanol–water partition coefficient (Wildman–Crippen LogP) is 4.04. The van der Waals surface area contributed by atoms with Gasteiger partial charge in [0.15, 0.2) is 0 Å². The standard InChI is InChI=1S/C29H22ClF4N5O4/c30-21-4-2-1-3-20(21)25(26(41)37-18-12-29(33,34)13-18)38(19-9-16(31)8-17(32)10-19)27(42)22-11-23(40)28(43)39(22)24-7-15(14-35)5-6-36-24/h1-10,18,22-23,25,40H,11-13H2,(H,37,41)/t22-,23+,25+/m0/s1. The van der Waals surface area contributed by atoms with Crippen molar-refractivity contribution in [1.29, 1.82) is 5.26 Å². The lowest BCUT2D eigenvalue weighted by Gasteiger charge is -2.39. The van der Waals surface area contributed by atoms with Crippen molar-refractivity contribution in [3.05, 3.63) is 88.6 Å². The number of aliphatic hydroxyl groups excluding tert-OH is 1. The zero-order chi connectivity index (χ0) is 31.1. The number of benzene rings is 2. The van der Waals surface area contributed by atoms with Gasteiger partial charge in [-0.25, -0.2) is 22.5 Å². The minimum Gasteiger partial charge on any atom is -0.383 e. The smallest absolute Gasteiger partial charge is 0.257 e. The summed E-state index contributed by atoms with van der Waals surface area (Å²) in [6.07, 6.45) is -2.31. The molecule has 222 valence electrons. The molecule has 3 amide bonds. The van der Waals surface area contributed by atoms with Crippen molar-refractivity contribution in [2.75, 3.05) is 9.80 Å². The number of aliphatic hydroxyl groups is 1. The van der Waals surface area contributed by atoms with Gasteiger partial charge in [-0.05, 0) is 30.3 Å². The number of carbonyl (C=O) groups is 3. The van der Waals surface area contributed by atoms with Crippen molar-refractivity contribution in [3.8, 4) is 6.07 Å². The summed E-state index contributed by atoms with van der Waals surface area (Å²) in [5.41, 5.74) is -0.374. The third-order valence-electron chi connectivity index (χ3n) is 7.19. The van der Waals surface area contributed by atoms with E-state index in [9.17, 15) is 42.3 Å². The van der Waals surface area contributed by atoms with Crippen LogP contribution in [0, 0.1) is 23.0 Å². The molecule has 2 heterocycles. The van der Waals surface area contributed by atoms with Gasteiger partial charge in [-0.15, -0.1) is 0 Å². The Kier molecular flexibility index (Phi) is 8.09. The monoisotopic (exact) mass is 615 g/mol. The predicted molar refractivity (Wildman–Crippen MR) is 145 cm³/mol. The highest BCUT2D eigenvalue weighted by molar-refractivity contribution is 6.31. The first kappa shape index (κ1) is 29.9. The highest BCUT2D eigenvalue weighted by Gasteiger charge is 2.50. The zero-order valence-corrected chi connectivity index (χ0v) is 22.8. The third-order valence-corrected chi connectivity index (χ3v) is 7.54. The van der Waals surface area contributed by atoms with Crippen LogP contribution in [0.2, 0.25) is 5.02 Å². The Morgan fingerprint density at radius 2 is 1.81 bits per heavy atom. The van der Waals surface area contributed by atoms with E-state index >= 15 is 0 Å². The van der Waals surface area contributed by atoms with E-state index in [1.54, 1.807) is 0 Å². The molecule has 14 heteroatoms. The van der Waals surface area contributed by atoms with Crippen molar-refractivity contribution in [1.82, 2.24) is 10.3 Å². The highest BCUT2D eigenvalue weighted by Crippen LogP contribution is 2.40. The van der Waals surface area contributed by atoms with E-state index in [0.29, 0.717) is 6.07 Å². The summed E-state index contributed by atoms with van der Waals surface area (Å²) in [6.45, 7) is 0. The number of nitriles is 1. The molecule has 1 aliphatic heterocycles. The molecule has 3 aromatic rings. The molecule has 9 nitrogen and oxygen atoms in total. The maximum Gasteiger partial charge on any atom is 0.257 e. The largest absolute Gasteiger partial charge is 0.383 e. The van der Waals surface area contributed by atoms with Gasteiger partial charge in [0.05, 0.1) is 17.3 Å². The summed E-state index contributed by atoms with van der Waals surface area (Å²) in [7, 11) is 0. The van der Waals surface area contributed by atoms with E-state index in [0.717, 1.165) is 21.9 Å². The lowest BCUT2D eigenvalue weighted by molar-refractivity contribution is -0.133. The minimum atomic E-state index is -3.00. The van der Waals surface area contributed by atoms with Gasteiger partial charge in [0, 0.05) is 48.2 Å². The maximum atomic E-state index is 14.6. The van der Waals surface area contributed by atoms with Crippen LogP contribution >= 0.6 is 11.6 Å². The van der Waals surface area contributed by atoms with Crippen LogP contribution in [0.1, 0.15) is 36.4 Å². The molecular formula is C29H22ClF4N5O4. The molecule has 43 heavy (non-hydrogen) atoms. The molecule has 3 atom stereocenters. The number of hydrogen-bond acceptors (Lipinski definition) is 6. The number of anilines is 2. The molecule has 2 aliphatic rings. The second-order valence-corrected chi connectivity index (χ2v) is 10.6. The van der Waals surface area contributed by atoms with Crippen molar-refractivity contribution in [2.24, 2.45) is 0 Å². The molecule has 1 aromatic heterocycles. The van der Waals surface area contributed by atoms with Crippen molar-refractivity contribution in [3.63, 3.8) is 0 Å². The fourth-order valence-electron chi connectivity index (χ4n) is 5.22. The van der Waals surface area contributed by atoms with E-state index < -0.39 is 84.5 Å². The van der Waals surface area contributed by atoms with Crippen LogP contribution in [0.15, 0.2) is 60.8 Å². The van der Waals surface area contributed by atoms with Crippen LogP contribution in [0.5, 0.6) is 0 Å². The van der Waals surface area contributed by atoms with Crippen molar-refractivity contribution < 1.29 is 37.1 Å². The second-order valence-electron chi connectivity index (χ2n) is 10.2. The van der Waals surface area contributed by atoms with E-state index in [2.05, 4.69) is 10.3 Å². The molecule has 0 radical (unpaired) electrons. The second kappa shape index (κ2) is 11.6. The number of alkyl halides is 2. The number of hydrogen-bond donors (Lipinski definition) is 2. The molecule has 1 saturated carbocycles. The summed E-state index contributed by atoms with van der Waals surface area (Å²) in [5, 5.41) is 22.2. The van der Waals surface area contributed by atoms with E-state index in [4.69, 9.17) is 11.6 Å². The van der Waals surface area contributed by atoms with Crippen molar-refractivity contribution >= 4 is 40.8 Å². The Morgan fingerprint density at radius 3 is 2.44 bits per heavy atom. The minimum absolute atomic E-state index is 0.00760. The molecule has 1 aliphatic carbocycles. The fraction of sp³-hybridized carbons (Fsp3) is 0.276. The van der Waals surface area contributed by atoms with Gasteiger partial charge >= 0.3 is 0 Å². The van der Waals surface area contributed by atoms with Crippen molar-refractivity contribution in [2.45, 2.75) is 49.4 Å². The number of nitrogens with zero attached hydrogens (tertiary/aromatic N) is 4. The molecule has 1 saturated heterocycles. The Labute approximate surface area is 247 Å². The molecule has 2 aromatic carbocycles. The van der Waals surface area contributed by atoms with Gasteiger partial charge in [-0.1, -0.05) is 29.8 Å². The number of pyridine rings is 1. The summed E-state index contributed by atoms with van der Waals surface area (Å²) in [5.74, 6) is -8.36. The first-order valence-corrected chi connectivity index (χ1v) is 13.4. The molecule has 2 fully saturated rings. The summed E-state index contributed by atoms with van der Waals surface area (Å²) < 4.78 is 56.3. The molecule has 0 unspecified atom stereocenters. The fourth-order valence-corrected chi connectivity index (χ4v) is 5.45. The van der Waals surface area contributed by atoms with Crippen LogP contribution in [-0.4, -0.2) is 51.9 Å². The molecular weight excluding hydrogens is 594 g/mol. The number of aromatic nitrogens is 1. The van der Waals surface area contributed by atoms with Crippen LogP contribution in [0.3, 0.4) is 0 Å². The summed E-state index contributed by atoms with van der Waals surface area (Å²) in [4.78, 5) is 46.9. The van der Waals surface area contributed by atoms with Gasteiger partial charge in [-0.3, -0.25) is 24.2 Å².